The first kappa shape index (κ1) is 13.5. The molecule has 1 saturated heterocycles. The summed E-state index contributed by atoms with van der Waals surface area (Å²) in [6, 6.07) is 3.60. The Balaban J connectivity index is 1.82. The average molecular weight is 269 g/mol. The van der Waals surface area contributed by atoms with E-state index in [2.05, 4.69) is 11.9 Å². The molecule has 1 aliphatic rings. The molecular formula is C13H19NO3S. The third-order valence-electron chi connectivity index (χ3n) is 3.21. The van der Waals surface area contributed by atoms with Crippen LogP contribution in [0.15, 0.2) is 12.1 Å². The summed E-state index contributed by atoms with van der Waals surface area (Å²) >= 11 is 1.37. The molecule has 18 heavy (non-hydrogen) atoms. The van der Waals surface area contributed by atoms with Gasteiger partial charge in [-0.15, -0.1) is 11.3 Å². The zero-order valence-corrected chi connectivity index (χ0v) is 11.4. The van der Waals surface area contributed by atoms with Crippen LogP contribution in [0.3, 0.4) is 0 Å². The second kappa shape index (κ2) is 6.31. The predicted octanol–water partition coefficient (Wildman–Crippen LogP) is 2.30. The van der Waals surface area contributed by atoms with E-state index in [1.54, 1.807) is 6.07 Å². The molecule has 0 spiro atoms. The second-order valence-corrected chi connectivity index (χ2v) is 5.99. The number of carboxylic acids is 1. The van der Waals surface area contributed by atoms with E-state index >= 15 is 0 Å². The fourth-order valence-electron chi connectivity index (χ4n) is 2.28. The maximum Gasteiger partial charge on any atom is 0.345 e. The molecule has 0 amide bonds. The lowest BCUT2D eigenvalue weighted by atomic mass is 10.00. The van der Waals surface area contributed by atoms with E-state index in [1.165, 1.54) is 11.3 Å². The molecule has 1 N–H and O–H groups in total. The number of hydrogen-bond donors (Lipinski definition) is 1. The highest BCUT2D eigenvalue weighted by molar-refractivity contribution is 7.13. The number of thiophene rings is 1. The maximum absolute atomic E-state index is 10.8. The van der Waals surface area contributed by atoms with Crippen molar-refractivity contribution in [3.8, 4) is 0 Å². The van der Waals surface area contributed by atoms with E-state index in [9.17, 15) is 4.79 Å². The minimum Gasteiger partial charge on any atom is -0.477 e. The summed E-state index contributed by atoms with van der Waals surface area (Å²) in [6.07, 6.45) is 2.27. The van der Waals surface area contributed by atoms with Crippen LogP contribution < -0.4 is 0 Å². The van der Waals surface area contributed by atoms with Gasteiger partial charge in [-0.25, -0.2) is 4.79 Å². The van der Waals surface area contributed by atoms with Crippen LogP contribution >= 0.6 is 11.3 Å². The van der Waals surface area contributed by atoms with Gasteiger partial charge in [0.05, 0.1) is 0 Å². The number of ether oxygens (including phenoxy) is 1. The number of rotatable bonds is 5. The molecule has 0 atom stereocenters. The smallest absolute Gasteiger partial charge is 0.345 e. The van der Waals surface area contributed by atoms with Crippen molar-refractivity contribution in [2.45, 2.75) is 19.4 Å². The van der Waals surface area contributed by atoms with Gasteiger partial charge in [-0.2, -0.15) is 0 Å². The van der Waals surface area contributed by atoms with Crippen molar-refractivity contribution >= 4 is 17.3 Å². The summed E-state index contributed by atoms with van der Waals surface area (Å²) in [6.45, 7) is 3.64. The van der Waals surface area contributed by atoms with Crippen molar-refractivity contribution in [2.24, 2.45) is 5.92 Å². The van der Waals surface area contributed by atoms with Gasteiger partial charge in [0.15, 0.2) is 0 Å². The lowest BCUT2D eigenvalue weighted by Crippen LogP contribution is -2.29. The van der Waals surface area contributed by atoms with Crippen molar-refractivity contribution in [1.82, 2.24) is 4.90 Å². The van der Waals surface area contributed by atoms with Crippen LogP contribution in [-0.4, -0.2) is 42.8 Å². The van der Waals surface area contributed by atoms with E-state index in [0.717, 1.165) is 44.0 Å². The average Bonchev–Trinajstić information content (AvgIpc) is 2.78. The van der Waals surface area contributed by atoms with E-state index in [1.807, 2.05) is 6.07 Å². The number of carbonyl (C=O) groups is 1. The van der Waals surface area contributed by atoms with E-state index in [4.69, 9.17) is 9.84 Å². The summed E-state index contributed by atoms with van der Waals surface area (Å²) in [5.41, 5.74) is 0. The monoisotopic (exact) mass is 269 g/mol. The zero-order chi connectivity index (χ0) is 13.0. The molecule has 0 unspecified atom stereocenters. The molecule has 1 fully saturated rings. The first-order valence-corrected chi connectivity index (χ1v) is 7.05. The predicted molar refractivity (Wildman–Crippen MR) is 71.2 cm³/mol. The molecule has 4 nitrogen and oxygen atoms in total. The standard InChI is InChI=1S/C13H19NO3S/c1-14(8-10-4-6-17-7-5-10)9-11-2-3-12(18-11)13(15)16/h2-3,10H,4-9H2,1H3,(H,15,16). The molecule has 0 bridgehead atoms. The van der Waals surface area contributed by atoms with Crippen LogP contribution in [0.2, 0.25) is 0 Å². The highest BCUT2D eigenvalue weighted by atomic mass is 32.1. The molecule has 100 valence electrons. The van der Waals surface area contributed by atoms with Crippen LogP contribution in [0.4, 0.5) is 0 Å². The Morgan fingerprint density at radius 2 is 2.22 bits per heavy atom. The molecule has 2 rings (SSSR count). The molecule has 0 radical (unpaired) electrons. The summed E-state index contributed by atoms with van der Waals surface area (Å²) in [5, 5.41) is 8.88. The molecule has 2 heterocycles. The number of hydrogen-bond acceptors (Lipinski definition) is 4. The normalized spacial score (nSPS) is 17.2. The molecule has 0 aromatic carbocycles. The number of aromatic carboxylic acids is 1. The lowest BCUT2D eigenvalue weighted by Gasteiger charge is -2.26. The molecule has 0 saturated carbocycles. The van der Waals surface area contributed by atoms with Crippen LogP contribution in [0.1, 0.15) is 27.4 Å². The fraction of sp³-hybridized carbons (Fsp3) is 0.615. The minimum absolute atomic E-state index is 0.421. The molecule has 0 aliphatic carbocycles. The van der Waals surface area contributed by atoms with Crippen LogP contribution in [-0.2, 0) is 11.3 Å². The van der Waals surface area contributed by atoms with E-state index in [-0.39, 0.29) is 0 Å². The van der Waals surface area contributed by atoms with E-state index in [0.29, 0.717) is 10.8 Å². The van der Waals surface area contributed by atoms with Gasteiger partial charge in [0.2, 0.25) is 0 Å². The van der Waals surface area contributed by atoms with Crippen molar-refractivity contribution in [3.63, 3.8) is 0 Å². The largest absolute Gasteiger partial charge is 0.477 e. The topological polar surface area (TPSA) is 49.8 Å². The van der Waals surface area contributed by atoms with Crippen molar-refractivity contribution in [2.75, 3.05) is 26.8 Å². The molecule has 5 heteroatoms. The maximum atomic E-state index is 10.8. The summed E-state index contributed by atoms with van der Waals surface area (Å²) in [5.74, 6) is -0.124. The van der Waals surface area contributed by atoms with Gasteiger partial charge in [0.1, 0.15) is 4.88 Å². The Morgan fingerprint density at radius 3 is 2.83 bits per heavy atom. The minimum atomic E-state index is -0.835. The highest BCUT2D eigenvalue weighted by Gasteiger charge is 2.16. The van der Waals surface area contributed by atoms with Crippen molar-refractivity contribution in [1.29, 1.82) is 0 Å². The molecule has 1 aromatic heterocycles. The Kier molecular flexibility index (Phi) is 4.74. The van der Waals surface area contributed by atoms with Gasteiger partial charge in [0, 0.05) is 31.2 Å². The lowest BCUT2D eigenvalue weighted by molar-refractivity contribution is 0.0550. The zero-order valence-electron chi connectivity index (χ0n) is 10.6. The van der Waals surface area contributed by atoms with E-state index < -0.39 is 5.97 Å². The van der Waals surface area contributed by atoms with Gasteiger partial charge < -0.3 is 14.7 Å². The first-order valence-electron chi connectivity index (χ1n) is 6.23. The van der Waals surface area contributed by atoms with Gasteiger partial charge in [-0.05, 0) is 37.9 Å². The quantitative estimate of drug-likeness (QED) is 0.891. The van der Waals surface area contributed by atoms with Crippen LogP contribution in [0.5, 0.6) is 0 Å². The highest BCUT2D eigenvalue weighted by Crippen LogP contribution is 2.20. The summed E-state index contributed by atoms with van der Waals surface area (Å²) < 4.78 is 5.35. The number of nitrogens with zero attached hydrogens (tertiary/aromatic N) is 1. The second-order valence-electron chi connectivity index (χ2n) is 4.82. The van der Waals surface area contributed by atoms with Gasteiger partial charge in [-0.1, -0.05) is 0 Å². The summed E-state index contributed by atoms with van der Waals surface area (Å²) in [7, 11) is 2.09. The van der Waals surface area contributed by atoms with Gasteiger partial charge >= 0.3 is 5.97 Å². The fourth-order valence-corrected chi connectivity index (χ4v) is 3.21. The van der Waals surface area contributed by atoms with Crippen LogP contribution in [0, 0.1) is 5.92 Å². The SMILES string of the molecule is CN(Cc1ccc(C(=O)O)s1)CC1CCOCC1. The Morgan fingerprint density at radius 1 is 1.50 bits per heavy atom. The number of carboxylic acid groups (broad SMARTS) is 1. The molecule has 1 aromatic rings. The van der Waals surface area contributed by atoms with Crippen molar-refractivity contribution in [3.05, 3.63) is 21.9 Å². The summed E-state index contributed by atoms with van der Waals surface area (Å²) in [4.78, 5) is 14.6. The molecule has 1 aliphatic heterocycles. The third-order valence-corrected chi connectivity index (χ3v) is 4.27. The molecular weight excluding hydrogens is 250 g/mol. The first-order chi connectivity index (χ1) is 8.65. The van der Waals surface area contributed by atoms with Crippen molar-refractivity contribution < 1.29 is 14.6 Å². The van der Waals surface area contributed by atoms with Gasteiger partial charge in [0.25, 0.3) is 0 Å². The Hall–Kier alpha value is -0.910. The van der Waals surface area contributed by atoms with Gasteiger partial charge in [-0.3, -0.25) is 0 Å². The Bertz CT molecular complexity index is 399. The van der Waals surface area contributed by atoms with Crippen LogP contribution in [0.25, 0.3) is 0 Å². The Labute approximate surface area is 111 Å². The third kappa shape index (κ3) is 3.80.